The lowest BCUT2D eigenvalue weighted by Gasteiger charge is -2.27. The van der Waals surface area contributed by atoms with Crippen molar-refractivity contribution in [2.75, 3.05) is 18.5 Å². The van der Waals surface area contributed by atoms with Crippen molar-refractivity contribution in [3.8, 4) is 0 Å². The highest BCUT2D eigenvalue weighted by atomic mass is 16.3. The third-order valence-electron chi connectivity index (χ3n) is 2.38. The van der Waals surface area contributed by atoms with E-state index in [9.17, 15) is 0 Å². The Morgan fingerprint density at radius 3 is 2.50 bits per heavy atom. The molecule has 0 saturated heterocycles. The van der Waals surface area contributed by atoms with E-state index in [-0.39, 0.29) is 13.2 Å². The van der Waals surface area contributed by atoms with Gasteiger partial charge in [-0.05, 0) is 31.5 Å². The second-order valence-corrected chi connectivity index (χ2v) is 4.21. The smallest absolute Gasteiger partial charge is 0.127 e. The molecule has 90 valence electrons. The van der Waals surface area contributed by atoms with Gasteiger partial charge in [0.25, 0.3) is 0 Å². The predicted molar refractivity (Wildman–Crippen MR) is 63.1 cm³/mol. The molecular formula is C11H19N3O2. The molecule has 5 heteroatoms. The first-order valence-electron chi connectivity index (χ1n) is 5.20. The number of hydrogen-bond acceptors (Lipinski definition) is 5. The largest absolute Gasteiger partial charge is 0.394 e. The van der Waals surface area contributed by atoms with E-state index in [1.165, 1.54) is 0 Å². The Bertz CT molecular complexity index is 351. The molecule has 5 nitrogen and oxygen atoms in total. The number of nitrogens with zero attached hydrogens (tertiary/aromatic N) is 1. The molecular weight excluding hydrogens is 206 g/mol. The van der Waals surface area contributed by atoms with Gasteiger partial charge in [-0.3, -0.25) is 0 Å². The molecule has 0 aliphatic rings. The van der Waals surface area contributed by atoms with Crippen molar-refractivity contribution in [2.45, 2.75) is 25.9 Å². The van der Waals surface area contributed by atoms with Crippen molar-refractivity contribution in [1.29, 1.82) is 0 Å². The SMILES string of the molecule is Cc1cc(CN)cc(NC(C)(CO)CO)n1. The third-order valence-corrected chi connectivity index (χ3v) is 2.38. The van der Waals surface area contributed by atoms with Gasteiger partial charge < -0.3 is 21.3 Å². The number of aryl methyl sites for hydroxylation is 1. The minimum absolute atomic E-state index is 0.170. The van der Waals surface area contributed by atoms with Gasteiger partial charge in [0.05, 0.1) is 18.8 Å². The van der Waals surface area contributed by atoms with E-state index in [1.54, 1.807) is 6.92 Å². The molecule has 16 heavy (non-hydrogen) atoms. The van der Waals surface area contributed by atoms with Crippen LogP contribution in [0.25, 0.3) is 0 Å². The summed E-state index contributed by atoms with van der Waals surface area (Å²) in [5, 5.41) is 21.3. The standard InChI is InChI=1S/C11H19N3O2/c1-8-3-9(5-12)4-10(13-8)14-11(2,6-15)7-16/h3-4,15-16H,5-7,12H2,1-2H3,(H,13,14). The number of nitrogens with one attached hydrogen (secondary N) is 1. The molecule has 0 spiro atoms. The second kappa shape index (κ2) is 5.25. The Morgan fingerprint density at radius 1 is 1.38 bits per heavy atom. The Kier molecular flexibility index (Phi) is 4.23. The molecule has 0 aliphatic heterocycles. The summed E-state index contributed by atoms with van der Waals surface area (Å²) in [5.74, 6) is 0.617. The van der Waals surface area contributed by atoms with E-state index in [0.29, 0.717) is 12.4 Å². The van der Waals surface area contributed by atoms with Crippen LogP contribution in [0.3, 0.4) is 0 Å². The lowest BCUT2D eigenvalue weighted by atomic mass is 10.1. The molecule has 0 aliphatic carbocycles. The van der Waals surface area contributed by atoms with Crippen LogP contribution in [0, 0.1) is 6.92 Å². The van der Waals surface area contributed by atoms with Gasteiger partial charge in [-0.25, -0.2) is 4.98 Å². The van der Waals surface area contributed by atoms with Crippen LogP contribution in [0.5, 0.6) is 0 Å². The fourth-order valence-corrected chi connectivity index (χ4v) is 1.36. The molecule has 0 fully saturated rings. The van der Waals surface area contributed by atoms with Gasteiger partial charge in [0, 0.05) is 12.2 Å². The zero-order valence-electron chi connectivity index (χ0n) is 9.70. The first-order valence-corrected chi connectivity index (χ1v) is 5.20. The highest BCUT2D eigenvalue weighted by Crippen LogP contribution is 2.15. The quantitative estimate of drug-likeness (QED) is 0.566. The van der Waals surface area contributed by atoms with E-state index in [1.807, 2.05) is 19.1 Å². The van der Waals surface area contributed by atoms with E-state index >= 15 is 0 Å². The summed E-state index contributed by atoms with van der Waals surface area (Å²) in [4.78, 5) is 4.27. The summed E-state index contributed by atoms with van der Waals surface area (Å²) in [6.07, 6.45) is 0. The number of anilines is 1. The molecule has 1 aromatic heterocycles. The highest BCUT2D eigenvalue weighted by Gasteiger charge is 2.22. The molecule has 1 heterocycles. The molecule has 0 amide bonds. The number of pyridine rings is 1. The normalized spacial score (nSPS) is 11.6. The summed E-state index contributed by atoms with van der Waals surface area (Å²) >= 11 is 0. The van der Waals surface area contributed by atoms with E-state index in [4.69, 9.17) is 15.9 Å². The van der Waals surface area contributed by atoms with Gasteiger partial charge in [0.1, 0.15) is 5.82 Å². The van der Waals surface area contributed by atoms with Crippen molar-refractivity contribution in [3.63, 3.8) is 0 Å². The number of hydrogen-bond donors (Lipinski definition) is 4. The van der Waals surface area contributed by atoms with Gasteiger partial charge in [-0.2, -0.15) is 0 Å². The molecule has 1 aromatic rings. The van der Waals surface area contributed by atoms with Gasteiger partial charge in [0.15, 0.2) is 0 Å². The molecule has 0 radical (unpaired) electrons. The Labute approximate surface area is 95.3 Å². The van der Waals surface area contributed by atoms with Crippen LogP contribution < -0.4 is 11.1 Å². The summed E-state index contributed by atoms with van der Waals surface area (Å²) in [6.45, 7) is 3.69. The van der Waals surface area contributed by atoms with Crippen LogP contribution in [0.1, 0.15) is 18.2 Å². The second-order valence-electron chi connectivity index (χ2n) is 4.21. The van der Waals surface area contributed by atoms with Gasteiger partial charge >= 0.3 is 0 Å². The maximum absolute atomic E-state index is 9.17. The van der Waals surface area contributed by atoms with Crippen molar-refractivity contribution in [2.24, 2.45) is 5.73 Å². The molecule has 0 atom stereocenters. The van der Waals surface area contributed by atoms with Crippen LogP contribution in [0.4, 0.5) is 5.82 Å². The number of aliphatic hydroxyl groups is 2. The Morgan fingerprint density at radius 2 is 2.00 bits per heavy atom. The number of aliphatic hydroxyl groups excluding tert-OH is 2. The molecule has 5 N–H and O–H groups in total. The summed E-state index contributed by atoms with van der Waals surface area (Å²) in [7, 11) is 0. The fraction of sp³-hybridized carbons (Fsp3) is 0.545. The highest BCUT2D eigenvalue weighted by molar-refractivity contribution is 5.42. The average Bonchev–Trinajstić information content (AvgIpc) is 2.28. The van der Waals surface area contributed by atoms with Crippen LogP contribution in [0.15, 0.2) is 12.1 Å². The summed E-state index contributed by atoms with van der Waals surface area (Å²) in [5.41, 5.74) is 6.61. The Hall–Kier alpha value is -1.17. The Balaban J connectivity index is 2.92. The monoisotopic (exact) mass is 225 g/mol. The topological polar surface area (TPSA) is 91.4 Å². The summed E-state index contributed by atoms with van der Waals surface area (Å²) < 4.78 is 0. The fourth-order valence-electron chi connectivity index (χ4n) is 1.36. The lowest BCUT2D eigenvalue weighted by Crippen LogP contribution is -2.42. The first-order chi connectivity index (χ1) is 7.53. The average molecular weight is 225 g/mol. The molecule has 0 unspecified atom stereocenters. The summed E-state index contributed by atoms with van der Waals surface area (Å²) in [6, 6.07) is 3.72. The van der Waals surface area contributed by atoms with Gasteiger partial charge in [-0.1, -0.05) is 0 Å². The minimum atomic E-state index is -0.771. The molecule has 0 aromatic carbocycles. The van der Waals surface area contributed by atoms with Crippen LogP contribution in [-0.2, 0) is 6.54 Å². The van der Waals surface area contributed by atoms with Crippen molar-refractivity contribution in [1.82, 2.24) is 4.98 Å². The van der Waals surface area contributed by atoms with Gasteiger partial charge in [-0.15, -0.1) is 0 Å². The van der Waals surface area contributed by atoms with Crippen LogP contribution >= 0.6 is 0 Å². The predicted octanol–water partition coefficient (Wildman–Crippen LogP) is 0.00392. The van der Waals surface area contributed by atoms with Crippen molar-refractivity contribution < 1.29 is 10.2 Å². The first kappa shape index (κ1) is 12.9. The van der Waals surface area contributed by atoms with E-state index < -0.39 is 5.54 Å². The maximum atomic E-state index is 9.17. The minimum Gasteiger partial charge on any atom is -0.394 e. The van der Waals surface area contributed by atoms with Crippen LogP contribution in [-0.4, -0.2) is 33.9 Å². The van der Waals surface area contributed by atoms with E-state index in [0.717, 1.165) is 11.3 Å². The lowest BCUT2D eigenvalue weighted by molar-refractivity contribution is 0.147. The van der Waals surface area contributed by atoms with Crippen LogP contribution in [0.2, 0.25) is 0 Å². The van der Waals surface area contributed by atoms with Crippen molar-refractivity contribution >= 4 is 5.82 Å². The number of nitrogens with two attached hydrogens (primary N) is 1. The van der Waals surface area contributed by atoms with E-state index in [2.05, 4.69) is 10.3 Å². The maximum Gasteiger partial charge on any atom is 0.127 e. The zero-order chi connectivity index (χ0) is 12.2. The molecule has 0 saturated carbocycles. The molecule has 1 rings (SSSR count). The van der Waals surface area contributed by atoms with Crippen molar-refractivity contribution in [3.05, 3.63) is 23.4 Å². The zero-order valence-corrected chi connectivity index (χ0v) is 9.70. The molecule has 0 bridgehead atoms. The van der Waals surface area contributed by atoms with Gasteiger partial charge in [0.2, 0.25) is 0 Å². The third kappa shape index (κ3) is 3.16. The number of rotatable bonds is 5. The number of aromatic nitrogens is 1.